The molecule has 3 aromatic rings. The lowest BCUT2D eigenvalue weighted by Gasteiger charge is -2.22. The van der Waals surface area contributed by atoms with E-state index in [1.807, 2.05) is 36.4 Å². The van der Waals surface area contributed by atoms with Gasteiger partial charge in [0.05, 0.1) is 19.6 Å². The summed E-state index contributed by atoms with van der Waals surface area (Å²) in [4.78, 5) is 12.5. The minimum absolute atomic E-state index is 0.0378. The number of nitrogens with two attached hydrogens (primary N) is 1. The van der Waals surface area contributed by atoms with Crippen LogP contribution in [0.3, 0.4) is 0 Å². The first-order chi connectivity index (χ1) is 17.1. The summed E-state index contributed by atoms with van der Waals surface area (Å²) in [6, 6.07) is 21.7. The molecule has 3 rings (SSSR count). The van der Waals surface area contributed by atoms with Gasteiger partial charge < -0.3 is 25.3 Å². The van der Waals surface area contributed by atoms with Crippen molar-refractivity contribution in [1.82, 2.24) is 0 Å². The van der Waals surface area contributed by atoms with Gasteiger partial charge in [0.25, 0.3) is 0 Å². The van der Waals surface area contributed by atoms with Crippen LogP contribution in [0.4, 0.5) is 5.69 Å². The van der Waals surface area contributed by atoms with Crippen molar-refractivity contribution in [1.29, 1.82) is 5.41 Å². The summed E-state index contributed by atoms with van der Waals surface area (Å²) >= 11 is 17.1. The largest absolute Gasteiger partial charge is 0.493 e. The Kier molecular flexibility index (Phi) is 9.70. The van der Waals surface area contributed by atoms with Gasteiger partial charge in [-0.05, 0) is 47.5 Å². The quantitative estimate of drug-likeness (QED) is 0.117. The van der Waals surface area contributed by atoms with Gasteiger partial charge in [0.15, 0.2) is 11.5 Å². The molecule has 0 heterocycles. The van der Waals surface area contributed by atoms with E-state index in [0.29, 0.717) is 29.4 Å². The van der Waals surface area contributed by atoms with E-state index in [4.69, 9.17) is 60.2 Å². The second-order valence-electron chi connectivity index (χ2n) is 7.85. The molecule has 0 aliphatic rings. The van der Waals surface area contributed by atoms with Gasteiger partial charge in [0, 0.05) is 11.3 Å². The van der Waals surface area contributed by atoms with Crippen LogP contribution in [0.2, 0.25) is 0 Å². The normalized spacial score (nSPS) is 11.9. The topological polar surface area (TPSA) is 107 Å². The van der Waals surface area contributed by atoms with Gasteiger partial charge in [-0.1, -0.05) is 71.2 Å². The van der Waals surface area contributed by atoms with E-state index in [9.17, 15) is 4.79 Å². The Labute approximate surface area is 224 Å². The number of rotatable bonds is 11. The molecule has 4 N–H and O–H groups in total. The SMILES string of the molecule is COc1cc(C(CC(=O)OCC(Cl)(Cl)Cl)Nc2ccc(C(=N)N)cc2)ccc1OCc1ccccc1. The van der Waals surface area contributed by atoms with Crippen molar-refractivity contribution in [2.45, 2.75) is 22.9 Å². The van der Waals surface area contributed by atoms with Gasteiger partial charge in [-0.3, -0.25) is 10.2 Å². The van der Waals surface area contributed by atoms with Crippen molar-refractivity contribution < 1.29 is 19.0 Å². The van der Waals surface area contributed by atoms with Crippen molar-refractivity contribution in [3.05, 3.63) is 89.5 Å². The summed E-state index contributed by atoms with van der Waals surface area (Å²) in [6.07, 6.45) is -0.0530. The standard InChI is InChI=1S/C26H26Cl3N3O4/c1-34-23-13-19(9-12-22(23)35-15-17-5-3-2-4-6-17)21(14-24(33)36-16-26(27,28)29)32-20-10-7-18(8-11-20)25(30)31/h2-13,21,32H,14-16H2,1H3,(H3,30,31). The molecule has 1 unspecified atom stereocenters. The highest BCUT2D eigenvalue weighted by Gasteiger charge is 2.25. The number of nitrogen functional groups attached to an aromatic ring is 1. The van der Waals surface area contributed by atoms with E-state index >= 15 is 0 Å². The highest BCUT2D eigenvalue weighted by molar-refractivity contribution is 6.67. The number of carbonyl (C=O) groups excluding carboxylic acids is 1. The highest BCUT2D eigenvalue weighted by atomic mass is 35.6. The number of anilines is 1. The number of esters is 1. The third-order valence-corrected chi connectivity index (χ3v) is 5.46. The van der Waals surface area contributed by atoms with Crippen molar-refractivity contribution in [2.24, 2.45) is 5.73 Å². The average Bonchev–Trinajstić information content (AvgIpc) is 2.86. The summed E-state index contributed by atoms with van der Waals surface area (Å²) in [5, 5.41) is 10.9. The molecule has 7 nitrogen and oxygen atoms in total. The van der Waals surface area contributed by atoms with Crippen molar-refractivity contribution in [3.8, 4) is 11.5 Å². The fourth-order valence-electron chi connectivity index (χ4n) is 3.34. The van der Waals surface area contributed by atoms with Gasteiger partial charge in [-0.25, -0.2) is 0 Å². The molecule has 0 radical (unpaired) electrons. The average molecular weight is 551 g/mol. The molecule has 0 aliphatic heterocycles. The summed E-state index contributed by atoms with van der Waals surface area (Å²) in [5.74, 6) is 0.483. The van der Waals surface area contributed by atoms with Gasteiger partial charge in [-0.15, -0.1) is 0 Å². The van der Waals surface area contributed by atoms with Gasteiger partial charge >= 0.3 is 5.97 Å². The third-order valence-electron chi connectivity index (χ3n) is 5.13. The van der Waals surface area contributed by atoms with Crippen molar-refractivity contribution in [2.75, 3.05) is 19.0 Å². The Hall–Kier alpha value is -3.13. The lowest BCUT2D eigenvalue weighted by atomic mass is 10.0. The van der Waals surface area contributed by atoms with E-state index in [1.165, 1.54) is 0 Å². The lowest BCUT2D eigenvalue weighted by Crippen LogP contribution is -2.21. The maximum absolute atomic E-state index is 12.5. The predicted molar refractivity (Wildman–Crippen MR) is 143 cm³/mol. The molecule has 0 fully saturated rings. The highest BCUT2D eigenvalue weighted by Crippen LogP contribution is 2.34. The molecule has 190 valence electrons. The Morgan fingerprint density at radius 1 is 1.03 bits per heavy atom. The Bertz CT molecular complexity index is 1170. The number of carbonyl (C=O) groups is 1. The maximum Gasteiger partial charge on any atom is 0.308 e. The zero-order valence-corrected chi connectivity index (χ0v) is 21.7. The number of halogens is 3. The second-order valence-corrected chi connectivity index (χ2v) is 10.4. The summed E-state index contributed by atoms with van der Waals surface area (Å²) in [5.41, 5.74) is 8.61. The van der Waals surface area contributed by atoms with Crippen LogP contribution in [0, 0.1) is 5.41 Å². The molecule has 36 heavy (non-hydrogen) atoms. The number of hydrogen-bond acceptors (Lipinski definition) is 6. The van der Waals surface area contributed by atoms with Crippen LogP contribution < -0.4 is 20.5 Å². The number of nitrogens with one attached hydrogen (secondary N) is 2. The maximum atomic E-state index is 12.5. The van der Waals surface area contributed by atoms with Crippen LogP contribution in [0.15, 0.2) is 72.8 Å². The summed E-state index contributed by atoms with van der Waals surface area (Å²) in [7, 11) is 1.55. The molecule has 0 saturated carbocycles. The van der Waals surface area contributed by atoms with E-state index in [2.05, 4.69) is 5.32 Å². The first-order valence-corrected chi connectivity index (χ1v) is 12.1. The van der Waals surface area contributed by atoms with Crippen molar-refractivity contribution in [3.63, 3.8) is 0 Å². The van der Waals surface area contributed by atoms with Gasteiger partial charge in [-0.2, -0.15) is 0 Å². The number of ether oxygens (including phenoxy) is 3. The molecular weight excluding hydrogens is 525 g/mol. The first kappa shape index (κ1) is 27.5. The smallest absolute Gasteiger partial charge is 0.308 e. The van der Waals surface area contributed by atoms with Gasteiger partial charge in [0.1, 0.15) is 19.0 Å². The van der Waals surface area contributed by atoms with E-state index in [1.54, 1.807) is 43.5 Å². The van der Waals surface area contributed by atoms with Crippen LogP contribution in [-0.4, -0.2) is 29.3 Å². The molecule has 0 saturated heterocycles. The second kappa shape index (κ2) is 12.7. The molecule has 0 aliphatic carbocycles. The molecule has 0 aromatic heterocycles. The minimum Gasteiger partial charge on any atom is -0.493 e. The monoisotopic (exact) mass is 549 g/mol. The lowest BCUT2D eigenvalue weighted by molar-refractivity contribution is -0.143. The molecule has 0 amide bonds. The number of benzene rings is 3. The van der Waals surface area contributed by atoms with Crippen LogP contribution >= 0.6 is 34.8 Å². The molecule has 1 atom stereocenters. The fourth-order valence-corrected chi connectivity index (χ4v) is 3.51. The van der Waals surface area contributed by atoms with Crippen LogP contribution in [0.5, 0.6) is 11.5 Å². The number of alkyl halides is 3. The molecule has 0 bridgehead atoms. The van der Waals surface area contributed by atoms with E-state index in [0.717, 1.165) is 11.1 Å². The van der Waals surface area contributed by atoms with Crippen LogP contribution in [0.25, 0.3) is 0 Å². The zero-order valence-electron chi connectivity index (χ0n) is 19.5. The number of methoxy groups -OCH3 is 1. The van der Waals surface area contributed by atoms with E-state index in [-0.39, 0.29) is 18.9 Å². The number of amidine groups is 1. The summed E-state index contributed by atoms with van der Waals surface area (Å²) < 4.78 is 14.9. The fraction of sp³-hybridized carbons (Fsp3) is 0.231. The van der Waals surface area contributed by atoms with Crippen molar-refractivity contribution >= 4 is 52.3 Å². The Balaban J connectivity index is 1.82. The third kappa shape index (κ3) is 8.52. The van der Waals surface area contributed by atoms with E-state index < -0.39 is 15.8 Å². The number of hydrogen-bond donors (Lipinski definition) is 3. The summed E-state index contributed by atoms with van der Waals surface area (Å²) in [6.45, 7) is 0.0101. The first-order valence-electron chi connectivity index (χ1n) is 10.9. The molecular formula is C26H26Cl3N3O4. The van der Waals surface area contributed by atoms with Gasteiger partial charge in [0.2, 0.25) is 3.79 Å². The van der Waals surface area contributed by atoms with Crippen LogP contribution in [-0.2, 0) is 16.1 Å². The zero-order chi connectivity index (χ0) is 26.1. The predicted octanol–water partition coefficient (Wildman–Crippen LogP) is 6.01. The minimum atomic E-state index is -1.71. The Morgan fingerprint density at radius 3 is 2.33 bits per heavy atom. The molecule has 0 spiro atoms. The Morgan fingerprint density at radius 2 is 1.72 bits per heavy atom. The molecule has 3 aromatic carbocycles. The van der Waals surface area contributed by atoms with Crippen LogP contribution in [0.1, 0.15) is 29.2 Å². The molecule has 10 heteroatoms.